The molecule has 5 amide bonds. The van der Waals surface area contributed by atoms with Crippen molar-refractivity contribution in [3.63, 3.8) is 0 Å². The molecule has 4 N–H and O–H groups in total. The quantitative estimate of drug-likeness (QED) is 0.0930. The molecule has 55 heavy (non-hydrogen) atoms. The maximum Gasteiger partial charge on any atom is 0.245 e. The first-order valence-electron chi connectivity index (χ1n) is 19.9. The largest absolute Gasteiger partial charge is 0.394 e. The number of unbranched alkanes of at least 4 members (excludes halogenated alkanes) is 5. The van der Waals surface area contributed by atoms with E-state index in [2.05, 4.69) is 45.2 Å². The lowest BCUT2D eigenvalue weighted by atomic mass is 10.00. The number of aromatic nitrogens is 2. The van der Waals surface area contributed by atoms with E-state index in [9.17, 15) is 33.9 Å². The van der Waals surface area contributed by atoms with Crippen molar-refractivity contribution in [1.29, 1.82) is 0 Å². The molecule has 1 aromatic heterocycles. The van der Waals surface area contributed by atoms with Crippen LogP contribution in [0.25, 0.3) is 0 Å². The fourth-order valence-corrected chi connectivity index (χ4v) is 7.03. The maximum atomic E-state index is 14.1. The van der Waals surface area contributed by atoms with Gasteiger partial charge in [-0.3, -0.25) is 24.0 Å². The van der Waals surface area contributed by atoms with Gasteiger partial charge in [0.15, 0.2) is 0 Å². The van der Waals surface area contributed by atoms with Gasteiger partial charge in [0.25, 0.3) is 0 Å². The van der Waals surface area contributed by atoms with E-state index < -0.39 is 54.5 Å². The predicted molar refractivity (Wildman–Crippen MR) is 209 cm³/mol. The van der Waals surface area contributed by atoms with Gasteiger partial charge in [-0.15, -0.1) is 0 Å². The number of aldehydes is 1. The van der Waals surface area contributed by atoms with E-state index in [0.29, 0.717) is 50.8 Å². The molecule has 0 aliphatic carbocycles. The van der Waals surface area contributed by atoms with E-state index in [4.69, 9.17) is 0 Å². The van der Waals surface area contributed by atoms with Gasteiger partial charge in [0.1, 0.15) is 30.5 Å². The first-order chi connectivity index (χ1) is 26.4. The van der Waals surface area contributed by atoms with Crippen molar-refractivity contribution in [2.24, 2.45) is 5.92 Å². The van der Waals surface area contributed by atoms with Gasteiger partial charge in [0.05, 0.1) is 19.0 Å². The Kier molecular flexibility index (Phi) is 19.0. The second-order valence-electron chi connectivity index (χ2n) is 15.1. The number of benzene rings is 1. The highest BCUT2D eigenvalue weighted by Gasteiger charge is 2.39. The number of amides is 5. The molecule has 5 atom stereocenters. The van der Waals surface area contributed by atoms with Gasteiger partial charge in [-0.05, 0) is 56.4 Å². The van der Waals surface area contributed by atoms with Crippen molar-refractivity contribution in [1.82, 2.24) is 35.3 Å². The smallest absolute Gasteiger partial charge is 0.245 e. The number of rotatable bonds is 24. The molecule has 5 unspecified atom stereocenters. The van der Waals surface area contributed by atoms with Crippen LogP contribution in [0.4, 0.5) is 0 Å². The number of aliphatic hydroxyl groups is 1. The van der Waals surface area contributed by atoms with Crippen LogP contribution < -0.4 is 16.0 Å². The Morgan fingerprint density at radius 3 is 2.24 bits per heavy atom. The van der Waals surface area contributed by atoms with Crippen molar-refractivity contribution in [3.8, 4) is 0 Å². The van der Waals surface area contributed by atoms with Gasteiger partial charge in [-0.1, -0.05) is 76.8 Å². The first-order valence-corrected chi connectivity index (χ1v) is 19.9. The molecule has 1 aromatic carbocycles. The zero-order valence-electron chi connectivity index (χ0n) is 33.4. The lowest BCUT2D eigenvalue weighted by Gasteiger charge is -2.34. The molecule has 2 heterocycles. The van der Waals surface area contributed by atoms with Crippen molar-refractivity contribution in [2.45, 2.75) is 141 Å². The van der Waals surface area contributed by atoms with E-state index in [-0.39, 0.29) is 24.2 Å². The summed E-state index contributed by atoms with van der Waals surface area (Å²) in [6, 6.07) is 5.48. The molecule has 2 aromatic rings. The number of aliphatic hydroxyl groups excluding tert-OH is 1. The average Bonchev–Trinajstić information content (AvgIpc) is 3.85. The number of hydrogen-bond acceptors (Lipinski definition) is 8. The number of likely N-dealkylation sites (tertiary alicyclic amines) is 1. The number of nitrogens with zero attached hydrogens (tertiary/aromatic N) is 4. The van der Waals surface area contributed by atoms with Gasteiger partial charge in [0, 0.05) is 45.4 Å². The van der Waals surface area contributed by atoms with Crippen LogP contribution in [0.2, 0.25) is 0 Å². The third-order valence-corrected chi connectivity index (χ3v) is 10.3. The van der Waals surface area contributed by atoms with Crippen LogP contribution in [-0.4, -0.2) is 111 Å². The molecule has 1 aliphatic heterocycles. The fourth-order valence-electron chi connectivity index (χ4n) is 7.03. The van der Waals surface area contributed by atoms with E-state index in [0.717, 1.165) is 44.9 Å². The van der Waals surface area contributed by atoms with Crippen LogP contribution >= 0.6 is 0 Å². The number of carbonyl (C=O) groups excluding carboxylic acids is 6. The second kappa shape index (κ2) is 23.4. The Hall–Kier alpha value is -4.59. The molecular formula is C41H63N7O7. The molecule has 304 valence electrons. The molecule has 0 spiro atoms. The highest BCUT2D eigenvalue weighted by atomic mass is 16.3. The van der Waals surface area contributed by atoms with Crippen molar-refractivity contribution in [3.05, 3.63) is 54.1 Å². The minimum atomic E-state index is -1.38. The highest BCUT2D eigenvalue weighted by Crippen LogP contribution is 2.22. The Morgan fingerprint density at radius 2 is 1.60 bits per heavy atom. The predicted octanol–water partition coefficient (Wildman–Crippen LogP) is 2.95. The average molecular weight is 766 g/mol. The summed E-state index contributed by atoms with van der Waals surface area (Å²) < 4.78 is 1.95. The fraction of sp³-hybridized carbons (Fsp3) is 0.634. The minimum Gasteiger partial charge on any atom is -0.394 e. The highest BCUT2D eigenvalue weighted by molar-refractivity contribution is 5.96. The topological polar surface area (TPSA) is 183 Å². The summed E-state index contributed by atoms with van der Waals surface area (Å²) in [5.41, 5.74) is 2.05. The molecular weight excluding hydrogens is 702 g/mol. The van der Waals surface area contributed by atoms with Gasteiger partial charge in [-0.25, -0.2) is 4.98 Å². The Bertz CT molecular complexity index is 1530. The lowest BCUT2D eigenvalue weighted by Crippen LogP contribution is -2.59. The Balaban J connectivity index is 1.73. The van der Waals surface area contributed by atoms with Gasteiger partial charge >= 0.3 is 0 Å². The van der Waals surface area contributed by atoms with Crippen molar-refractivity contribution < 1.29 is 33.9 Å². The standard InChI is InChI=1S/C41H63N7O7/c1-6-32(26-49)43-39(53)35(27-50)45-38(52)34(44-40(54)37(23-29(2)3)46(5)41(55)36-20-16-22-48(36)30(4)51)24-33-25-42-28-47(33)21-15-10-8-7-9-12-17-31-18-13-11-14-19-31/h11,13-14,18-19,25-26,28-29,32,34-37,50H,6-10,12,15-17,20-24,27H2,1-5H3,(H,43,53)(H,44,54)(H,45,52). The molecule has 3 rings (SSSR count). The summed E-state index contributed by atoms with van der Waals surface area (Å²) in [5.74, 6) is -2.57. The lowest BCUT2D eigenvalue weighted by molar-refractivity contribution is -0.147. The monoisotopic (exact) mass is 765 g/mol. The molecule has 0 bridgehead atoms. The second-order valence-corrected chi connectivity index (χ2v) is 15.1. The van der Waals surface area contributed by atoms with Crippen LogP contribution in [0.15, 0.2) is 42.9 Å². The summed E-state index contributed by atoms with van der Waals surface area (Å²) in [5, 5.41) is 18.0. The number of carbonyl (C=O) groups is 6. The van der Waals surface area contributed by atoms with Crippen LogP contribution in [0, 0.1) is 5.92 Å². The molecule has 0 saturated carbocycles. The van der Waals surface area contributed by atoms with Crippen molar-refractivity contribution in [2.75, 3.05) is 20.2 Å². The first kappa shape index (κ1) is 44.8. The van der Waals surface area contributed by atoms with Crippen LogP contribution in [0.3, 0.4) is 0 Å². The van der Waals surface area contributed by atoms with Gasteiger partial charge < -0.3 is 40.2 Å². The molecule has 14 heteroatoms. The summed E-state index contributed by atoms with van der Waals surface area (Å²) in [6.07, 6.45) is 13.3. The van der Waals surface area contributed by atoms with Crippen LogP contribution in [0.5, 0.6) is 0 Å². The van der Waals surface area contributed by atoms with Crippen LogP contribution in [0.1, 0.15) is 103 Å². The number of aryl methyl sites for hydroxylation is 2. The maximum absolute atomic E-state index is 14.1. The zero-order chi connectivity index (χ0) is 40.3. The molecule has 1 aliphatic rings. The summed E-state index contributed by atoms with van der Waals surface area (Å²) >= 11 is 0. The Labute approximate surface area is 326 Å². The third kappa shape index (κ3) is 14.2. The number of likely N-dealkylation sites (N-methyl/N-ethyl adjacent to an activating group) is 1. The number of hydrogen-bond donors (Lipinski definition) is 4. The minimum absolute atomic E-state index is 0.00264. The summed E-state index contributed by atoms with van der Waals surface area (Å²) in [4.78, 5) is 85.6. The van der Waals surface area contributed by atoms with Crippen molar-refractivity contribution >= 4 is 35.8 Å². The van der Waals surface area contributed by atoms with Gasteiger partial charge in [0.2, 0.25) is 29.5 Å². The number of imidazole rings is 1. The van der Waals surface area contributed by atoms with E-state index in [1.54, 1.807) is 26.5 Å². The van der Waals surface area contributed by atoms with Gasteiger partial charge in [-0.2, -0.15) is 0 Å². The van der Waals surface area contributed by atoms with E-state index >= 15 is 0 Å². The molecule has 1 saturated heterocycles. The normalized spacial score (nSPS) is 16.2. The van der Waals surface area contributed by atoms with E-state index in [1.807, 2.05) is 24.5 Å². The molecule has 14 nitrogen and oxygen atoms in total. The SMILES string of the molecule is CCC(C=O)NC(=O)C(CO)NC(=O)C(Cc1cncn1CCCCCCCCc1ccccc1)NC(=O)C(CC(C)C)N(C)C(=O)C1CCCN1C(C)=O. The number of nitrogens with one attached hydrogen (secondary N) is 3. The molecule has 1 fully saturated rings. The zero-order valence-corrected chi connectivity index (χ0v) is 33.4. The third-order valence-electron chi connectivity index (χ3n) is 10.3. The molecule has 0 radical (unpaired) electrons. The summed E-state index contributed by atoms with van der Waals surface area (Å²) in [6.45, 7) is 7.39. The summed E-state index contributed by atoms with van der Waals surface area (Å²) in [7, 11) is 1.54. The van der Waals surface area contributed by atoms with Crippen LogP contribution in [-0.2, 0) is 48.2 Å². The Morgan fingerprint density at radius 1 is 0.945 bits per heavy atom. The van der Waals surface area contributed by atoms with E-state index in [1.165, 1.54) is 22.3 Å².